The van der Waals surface area contributed by atoms with Gasteiger partial charge in [0, 0.05) is 17.1 Å². The van der Waals surface area contributed by atoms with Gasteiger partial charge >= 0.3 is 0 Å². The van der Waals surface area contributed by atoms with E-state index in [4.69, 9.17) is 0 Å². The maximum absolute atomic E-state index is 2.40. The van der Waals surface area contributed by atoms with Crippen LogP contribution >= 0.6 is 0 Å². The molecule has 51 heavy (non-hydrogen) atoms. The highest BCUT2D eigenvalue weighted by molar-refractivity contribution is 6.22. The van der Waals surface area contributed by atoms with Gasteiger partial charge in [-0.05, 0) is 102 Å². The van der Waals surface area contributed by atoms with Crippen LogP contribution in [0.4, 0.5) is 17.1 Å². The maximum Gasteiger partial charge on any atom is 0.0468 e. The molecule has 0 fully saturated rings. The molecule has 0 aliphatic rings. The first kappa shape index (κ1) is 30.4. The van der Waals surface area contributed by atoms with Crippen molar-refractivity contribution in [2.75, 3.05) is 4.90 Å². The fraction of sp³-hybridized carbons (Fsp3) is 0. The number of rotatable bonds is 7. The molecule has 0 bridgehead atoms. The molecular formula is C50H35N. The fourth-order valence-corrected chi connectivity index (χ4v) is 7.46. The molecule has 0 amide bonds. The zero-order valence-corrected chi connectivity index (χ0v) is 28.2. The summed E-state index contributed by atoms with van der Waals surface area (Å²) < 4.78 is 0. The lowest BCUT2D eigenvalue weighted by Gasteiger charge is -2.27. The van der Waals surface area contributed by atoms with Crippen molar-refractivity contribution in [1.29, 1.82) is 0 Å². The number of hydrogen-bond donors (Lipinski definition) is 0. The standard InChI is InChI=1S/C50H35N/c1-5-16-36(17-6-1)38-28-30-42(31-29-38)51(43-25-15-24-41(34-43)37-18-7-2-8-19-37)44-32-33-46-45-26-13-14-27-47(45)49(39-20-9-3-10-21-39)50(48(46)35-44)40-22-11-4-12-23-40/h1-35H. The molecule has 1 nitrogen and oxygen atoms in total. The molecule has 0 unspecified atom stereocenters. The van der Waals surface area contributed by atoms with Crippen LogP contribution in [0.2, 0.25) is 0 Å². The van der Waals surface area contributed by atoms with E-state index in [0.29, 0.717) is 0 Å². The van der Waals surface area contributed by atoms with Gasteiger partial charge in [0.05, 0.1) is 0 Å². The minimum Gasteiger partial charge on any atom is -0.310 e. The van der Waals surface area contributed by atoms with E-state index in [1.165, 1.54) is 66.1 Å². The van der Waals surface area contributed by atoms with Gasteiger partial charge in [-0.1, -0.05) is 176 Å². The summed E-state index contributed by atoms with van der Waals surface area (Å²) in [4.78, 5) is 2.40. The molecule has 240 valence electrons. The third-order valence-electron chi connectivity index (χ3n) is 9.84. The summed E-state index contributed by atoms with van der Waals surface area (Å²) in [6.45, 7) is 0. The van der Waals surface area contributed by atoms with Crippen molar-refractivity contribution in [3.8, 4) is 44.5 Å². The van der Waals surface area contributed by atoms with Crippen molar-refractivity contribution >= 4 is 38.6 Å². The summed E-state index contributed by atoms with van der Waals surface area (Å²) in [6.07, 6.45) is 0. The van der Waals surface area contributed by atoms with Crippen molar-refractivity contribution in [2.45, 2.75) is 0 Å². The van der Waals surface area contributed by atoms with Gasteiger partial charge in [0.15, 0.2) is 0 Å². The van der Waals surface area contributed by atoms with Gasteiger partial charge in [0.1, 0.15) is 0 Å². The van der Waals surface area contributed by atoms with Crippen LogP contribution < -0.4 is 4.90 Å². The lowest BCUT2D eigenvalue weighted by atomic mass is 9.85. The third kappa shape index (κ3) is 5.75. The first-order valence-electron chi connectivity index (χ1n) is 17.5. The molecule has 0 radical (unpaired) electrons. The molecule has 0 saturated carbocycles. The summed E-state index contributed by atoms with van der Waals surface area (Å²) in [5.74, 6) is 0. The van der Waals surface area contributed by atoms with Crippen LogP contribution in [0.1, 0.15) is 0 Å². The highest BCUT2D eigenvalue weighted by atomic mass is 15.1. The molecule has 9 aromatic carbocycles. The second-order valence-electron chi connectivity index (χ2n) is 12.9. The average molecular weight is 650 g/mol. The Bertz CT molecular complexity index is 2590. The Labute approximate surface area is 299 Å². The Morgan fingerprint density at radius 3 is 1.24 bits per heavy atom. The highest BCUT2D eigenvalue weighted by Crippen LogP contribution is 2.47. The van der Waals surface area contributed by atoms with Crippen molar-refractivity contribution in [1.82, 2.24) is 0 Å². The van der Waals surface area contributed by atoms with Gasteiger partial charge in [-0.2, -0.15) is 0 Å². The smallest absolute Gasteiger partial charge is 0.0468 e. The monoisotopic (exact) mass is 649 g/mol. The number of anilines is 3. The van der Waals surface area contributed by atoms with E-state index in [2.05, 4.69) is 217 Å². The number of fused-ring (bicyclic) bond motifs is 3. The molecule has 0 heterocycles. The summed E-state index contributed by atoms with van der Waals surface area (Å²) in [5, 5.41) is 4.97. The Hall–Kier alpha value is -6.70. The van der Waals surface area contributed by atoms with Crippen LogP contribution in [0.25, 0.3) is 66.1 Å². The van der Waals surface area contributed by atoms with Crippen molar-refractivity contribution < 1.29 is 0 Å². The minimum absolute atomic E-state index is 1.10. The molecule has 0 N–H and O–H groups in total. The lowest BCUT2D eigenvalue weighted by Crippen LogP contribution is -2.10. The fourth-order valence-electron chi connectivity index (χ4n) is 7.46. The van der Waals surface area contributed by atoms with Gasteiger partial charge in [-0.15, -0.1) is 0 Å². The first-order valence-corrected chi connectivity index (χ1v) is 17.5. The van der Waals surface area contributed by atoms with E-state index < -0.39 is 0 Å². The topological polar surface area (TPSA) is 3.24 Å². The molecule has 1 heteroatoms. The van der Waals surface area contributed by atoms with Crippen LogP contribution in [0.5, 0.6) is 0 Å². The number of hydrogen-bond acceptors (Lipinski definition) is 1. The summed E-state index contributed by atoms with van der Waals surface area (Å²) in [5.41, 5.74) is 13.0. The number of nitrogens with zero attached hydrogens (tertiary/aromatic N) is 1. The van der Waals surface area contributed by atoms with Gasteiger partial charge in [0.25, 0.3) is 0 Å². The van der Waals surface area contributed by atoms with E-state index in [1.54, 1.807) is 0 Å². The van der Waals surface area contributed by atoms with E-state index in [0.717, 1.165) is 17.1 Å². The Balaban J connectivity index is 1.31. The van der Waals surface area contributed by atoms with E-state index in [1.807, 2.05) is 0 Å². The van der Waals surface area contributed by atoms with Crippen molar-refractivity contribution in [3.63, 3.8) is 0 Å². The molecule has 9 aromatic rings. The van der Waals surface area contributed by atoms with Crippen LogP contribution in [0, 0.1) is 0 Å². The van der Waals surface area contributed by atoms with Crippen LogP contribution in [-0.2, 0) is 0 Å². The summed E-state index contributed by atoms with van der Waals surface area (Å²) >= 11 is 0. The van der Waals surface area contributed by atoms with E-state index in [-0.39, 0.29) is 0 Å². The van der Waals surface area contributed by atoms with Crippen LogP contribution in [0.15, 0.2) is 212 Å². The quantitative estimate of drug-likeness (QED) is 0.155. The van der Waals surface area contributed by atoms with Crippen molar-refractivity contribution in [3.05, 3.63) is 212 Å². The molecular weight excluding hydrogens is 615 g/mol. The Kier molecular flexibility index (Phi) is 7.92. The largest absolute Gasteiger partial charge is 0.310 e. The van der Waals surface area contributed by atoms with E-state index >= 15 is 0 Å². The van der Waals surface area contributed by atoms with Gasteiger partial charge in [-0.3, -0.25) is 0 Å². The molecule has 0 aliphatic carbocycles. The summed E-state index contributed by atoms with van der Waals surface area (Å²) in [7, 11) is 0. The molecule has 0 aromatic heterocycles. The highest BCUT2D eigenvalue weighted by Gasteiger charge is 2.20. The average Bonchev–Trinajstić information content (AvgIpc) is 3.22. The van der Waals surface area contributed by atoms with Gasteiger partial charge < -0.3 is 4.90 Å². The maximum atomic E-state index is 2.40. The van der Waals surface area contributed by atoms with Gasteiger partial charge in [-0.25, -0.2) is 0 Å². The normalized spacial score (nSPS) is 11.1. The molecule has 0 saturated heterocycles. The number of benzene rings is 9. The predicted molar refractivity (Wildman–Crippen MR) is 218 cm³/mol. The second-order valence-corrected chi connectivity index (χ2v) is 12.9. The molecule has 0 aliphatic heterocycles. The van der Waals surface area contributed by atoms with Gasteiger partial charge in [0.2, 0.25) is 0 Å². The second kappa shape index (κ2) is 13.3. The Morgan fingerprint density at radius 1 is 0.216 bits per heavy atom. The van der Waals surface area contributed by atoms with Crippen LogP contribution in [0.3, 0.4) is 0 Å². The van der Waals surface area contributed by atoms with E-state index in [9.17, 15) is 0 Å². The Morgan fingerprint density at radius 2 is 0.627 bits per heavy atom. The van der Waals surface area contributed by atoms with Crippen molar-refractivity contribution in [2.24, 2.45) is 0 Å². The zero-order valence-electron chi connectivity index (χ0n) is 28.2. The third-order valence-corrected chi connectivity index (χ3v) is 9.84. The molecule has 0 atom stereocenters. The molecule has 0 spiro atoms. The first-order chi connectivity index (χ1) is 25.3. The minimum atomic E-state index is 1.10. The predicted octanol–water partition coefficient (Wildman–Crippen LogP) is 14.1. The molecule has 9 rings (SSSR count). The zero-order chi connectivity index (χ0) is 34.0. The van der Waals surface area contributed by atoms with Crippen LogP contribution in [-0.4, -0.2) is 0 Å². The lowest BCUT2D eigenvalue weighted by molar-refractivity contribution is 1.29. The SMILES string of the molecule is c1ccc(-c2ccc(N(c3cccc(-c4ccccc4)c3)c3ccc4c(c3)c(-c3ccccc3)c(-c3ccccc3)c3ccccc34)cc2)cc1. The summed E-state index contributed by atoms with van der Waals surface area (Å²) in [6, 6.07) is 76.6.